The van der Waals surface area contributed by atoms with E-state index in [4.69, 9.17) is 25.4 Å². The molecule has 0 unspecified atom stereocenters. The first kappa shape index (κ1) is 18.8. The molecule has 3 N–H and O–H groups in total. The van der Waals surface area contributed by atoms with Gasteiger partial charge >= 0.3 is 6.03 Å². The van der Waals surface area contributed by atoms with Crippen LogP contribution >= 0.6 is 0 Å². The van der Waals surface area contributed by atoms with Crippen molar-refractivity contribution < 1.29 is 9.53 Å². The Labute approximate surface area is 168 Å². The summed E-state index contributed by atoms with van der Waals surface area (Å²) < 4.78 is 5.45. The maximum Gasteiger partial charge on any atom is 0.316 e. The molecule has 2 heterocycles. The van der Waals surface area contributed by atoms with E-state index in [-0.39, 0.29) is 0 Å². The van der Waals surface area contributed by atoms with Crippen molar-refractivity contribution >= 4 is 17.7 Å². The number of carbonyl (C=O) groups is 1. The molecule has 29 heavy (non-hydrogen) atoms. The number of hydrogen-bond donors (Lipinski definition) is 2. The van der Waals surface area contributed by atoms with Gasteiger partial charge in [-0.05, 0) is 31.2 Å². The Kier molecular flexibility index (Phi) is 5.35. The van der Waals surface area contributed by atoms with Crippen LogP contribution in [0.25, 0.3) is 22.8 Å². The Morgan fingerprint density at radius 3 is 2.03 bits per heavy atom. The fourth-order valence-electron chi connectivity index (χ4n) is 3.08. The van der Waals surface area contributed by atoms with E-state index in [0.29, 0.717) is 36.5 Å². The maximum atomic E-state index is 11.0. The molecule has 2 aromatic carbocycles. The van der Waals surface area contributed by atoms with Crippen LogP contribution in [-0.4, -0.2) is 47.3 Å². The van der Waals surface area contributed by atoms with Crippen LogP contribution < -0.4 is 16.0 Å². The average Bonchev–Trinajstić information content (AvgIpc) is 2.75. The van der Waals surface area contributed by atoms with Gasteiger partial charge in [-0.1, -0.05) is 29.8 Å². The molecule has 1 aromatic heterocycles. The monoisotopic (exact) mass is 390 g/mol. The van der Waals surface area contributed by atoms with Crippen LogP contribution in [-0.2, 0) is 4.74 Å². The molecule has 0 radical (unpaired) electrons. The smallest absolute Gasteiger partial charge is 0.316 e. The molecule has 1 aliphatic rings. The highest BCUT2D eigenvalue weighted by Crippen LogP contribution is 2.25. The number of nitrogens with zero attached hydrogens (tertiary/aromatic N) is 4. The van der Waals surface area contributed by atoms with E-state index in [1.54, 1.807) is 12.1 Å². The minimum Gasteiger partial charge on any atom is -0.378 e. The van der Waals surface area contributed by atoms with Crippen molar-refractivity contribution in [3.05, 3.63) is 54.1 Å². The summed E-state index contributed by atoms with van der Waals surface area (Å²) >= 11 is 0. The van der Waals surface area contributed by atoms with Crippen LogP contribution in [0.1, 0.15) is 5.56 Å². The highest BCUT2D eigenvalue weighted by atomic mass is 16.5. The highest BCUT2D eigenvalue weighted by Gasteiger charge is 2.18. The van der Waals surface area contributed by atoms with Gasteiger partial charge < -0.3 is 20.7 Å². The third-order valence-corrected chi connectivity index (χ3v) is 4.64. The van der Waals surface area contributed by atoms with Gasteiger partial charge in [0, 0.05) is 29.9 Å². The summed E-state index contributed by atoms with van der Waals surface area (Å²) in [6, 6.07) is 14.7. The number of aryl methyl sites for hydroxylation is 1. The Morgan fingerprint density at radius 1 is 0.931 bits per heavy atom. The zero-order valence-corrected chi connectivity index (χ0v) is 16.1. The third-order valence-electron chi connectivity index (χ3n) is 4.64. The maximum absolute atomic E-state index is 11.0. The number of nitrogens with one attached hydrogen (secondary N) is 1. The first-order valence-electron chi connectivity index (χ1n) is 9.41. The summed E-state index contributed by atoms with van der Waals surface area (Å²) in [5, 5.41) is 2.55. The second-order valence-electron chi connectivity index (χ2n) is 6.81. The first-order valence-corrected chi connectivity index (χ1v) is 9.41. The summed E-state index contributed by atoms with van der Waals surface area (Å²) in [6.07, 6.45) is 0. The van der Waals surface area contributed by atoms with Gasteiger partial charge in [-0.3, -0.25) is 0 Å². The van der Waals surface area contributed by atoms with Gasteiger partial charge in [0.15, 0.2) is 11.6 Å². The lowest BCUT2D eigenvalue weighted by molar-refractivity contribution is 0.122. The van der Waals surface area contributed by atoms with E-state index < -0.39 is 6.03 Å². The van der Waals surface area contributed by atoms with Gasteiger partial charge in [0.2, 0.25) is 5.95 Å². The van der Waals surface area contributed by atoms with Crippen LogP contribution in [0, 0.1) is 6.92 Å². The molecule has 0 spiro atoms. The van der Waals surface area contributed by atoms with Crippen LogP contribution in [0.4, 0.5) is 16.4 Å². The summed E-state index contributed by atoms with van der Waals surface area (Å²) in [5.74, 6) is 1.83. The molecular formula is C21H22N6O2. The van der Waals surface area contributed by atoms with E-state index in [1.807, 2.05) is 43.3 Å². The summed E-state index contributed by atoms with van der Waals surface area (Å²) in [5.41, 5.74) is 8.72. The fraction of sp³-hybridized carbons (Fsp3) is 0.238. The van der Waals surface area contributed by atoms with Gasteiger partial charge in [0.25, 0.3) is 0 Å². The fourth-order valence-corrected chi connectivity index (χ4v) is 3.08. The number of aromatic nitrogens is 3. The van der Waals surface area contributed by atoms with Crippen LogP contribution in [0.3, 0.4) is 0 Å². The molecule has 1 aliphatic heterocycles. The number of hydrogen-bond acceptors (Lipinski definition) is 6. The molecular weight excluding hydrogens is 368 g/mol. The Morgan fingerprint density at radius 2 is 1.48 bits per heavy atom. The van der Waals surface area contributed by atoms with Crippen LogP contribution in [0.15, 0.2) is 48.5 Å². The largest absolute Gasteiger partial charge is 0.378 e. The van der Waals surface area contributed by atoms with Crippen molar-refractivity contribution in [2.45, 2.75) is 6.92 Å². The van der Waals surface area contributed by atoms with Crippen molar-refractivity contribution in [1.29, 1.82) is 0 Å². The summed E-state index contributed by atoms with van der Waals surface area (Å²) in [6.45, 7) is 4.81. The molecule has 148 valence electrons. The normalized spacial score (nSPS) is 13.9. The van der Waals surface area contributed by atoms with Crippen molar-refractivity contribution in [1.82, 2.24) is 15.0 Å². The number of rotatable bonds is 4. The van der Waals surface area contributed by atoms with Gasteiger partial charge in [0.05, 0.1) is 13.2 Å². The van der Waals surface area contributed by atoms with Crippen molar-refractivity contribution in [2.75, 3.05) is 36.5 Å². The van der Waals surface area contributed by atoms with E-state index in [9.17, 15) is 4.79 Å². The Hall–Kier alpha value is -3.52. The predicted molar refractivity (Wildman–Crippen MR) is 112 cm³/mol. The minimum absolute atomic E-state index is 0.572. The SMILES string of the molecule is Cc1ccc(-c2nc(-c3ccc(NC(N)=O)cc3)nc(N3CCOCC3)n2)cc1. The molecule has 8 nitrogen and oxygen atoms in total. The molecule has 8 heteroatoms. The number of carbonyl (C=O) groups excluding carboxylic acids is 1. The van der Waals surface area contributed by atoms with Gasteiger partial charge in [0.1, 0.15) is 0 Å². The predicted octanol–water partition coefficient (Wildman–Crippen LogP) is 2.84. The van der Waals surface area contributed by atoms with Gasteiger partial charge in [-0.15, -0.1) is 0 Å². The van der Waals surface area contributed by atoms with Crippen LogP contribution in [0.5, 0.6) is 0 Å². The molecule has 4 rings (SSSR count). The number of benzene rings is 2. The zero-order chi connectivity index (χ0) is 20.2. The summed E-state index contributed by atoms with van der Waals surface area (Å²) in [4.78, 5) is 27.2. The van der Waals surface area contributed by atoms with Gasteiger partial charge in [-0.25, -0.2) is 9.78 Å². The second-order valence-corrected chi connectivity index (χ2v) is 6.81. The quantitative estimate of drug-likeness (QED) is 0.709. The van der Waals surface area contributed by atoms with E-state index in [0.717, 1.165) is 24.2 Å². The molecule has 0 aliphatic carbocycles. The van der Waals surface area contributed by atoms with Crippen molar-refractivity contribution in [3.8, 4) is 22.8 Å². The molecule has 0 bridgehead atoms. The lowest BCUT2D eigenvalue weighted by Gasteiger charge is -2.27. The lowest BCUT2D eigenvalue weighted by Crippen LogP contribution is -2.37. The number of primary amides is 1. The topological polar surface area (TPSA) is 106 Å². The number of nitrogens with two attached hydrogens (primary N) is 1. The first-order chi connectivity index (χ1) is 14.1. The van der Waals surface area contributed by atoms with E-state index in [1.165, 1.54) is 5.56 Å². The second kappa shape index (κ2) is 8.24. The Bertz CT molecular complexity index is 999. The number of anilines is 2. The number of ether oxygens (including phenoxy) is 1. The summed E-state index contributed by atoms with van der Waals surface area (Å²) in [7, 11) is 0. The number of amides is 2. The molecule has 1 saturated heterocycles. The molecule has 0 saturated carbocycles. The van der Waals surface area contributed by atoms with Crippen LogP contribution in [0.2, 0.25) is 0 Å². The van der Waals surface area contributed by atoms with Crippen molar-refractivity contribution in [2.24, 2.45) is 5.73 Å². The molecule has 3 aromatic rings. The molecule has 2 amide bonds. The lowest BCUT2D eigenvalue weighted by atomic mass is 10.1. The molecule has 0 atom stereocenters. The van der Waals surface area contributed by atoms with Crippen molar-refractivity contribution in [3.63, 3.8) is 0 Å². The molecule has 1 fully saturated rings. The standard InChI is InChI=1S/C21H22N6O2/c1-14-2-4-15(5-3-14)18-24-19(16-6-8-17(9-7-16)23-20(22)28)26-21(25-18)27-10-12-29-13-11-27/h2-9H,10-13H2,1H3,(H3,22,23,28). The third kappa shape index (κ3) is 4.49. The zero-order valence-electron chi connectivity index (χ0n) is 16.1. The average molecular weight is 390 g/mol. The highest BCUT2D eigenvalue weighted by molar-refractivity contribution is 5.88. The Balaban J connectivity index is 1.74. The minimum atomic E-state index is -0.603. The van der Waals surface area contributed by atoms with E-state index in [2.05, 4.69) is 10.2 Å². The van der Waals surface area contributed by atoms with E-state index >= 15 is 0 Å². The number of urea groups is 1. The number of morpholine rings is 1. The van der Waals surface area contributed by atoms with Gasteiger partial charge in [-0.2, -0.15) is 9.97 Å².